The molecule has 30 heavy (non-hydrogen) atoms. The quantitative estimate of drug-likeness (QED) is 0.618. The molecule has 1 aliphatic heterocycles. The largest absolute Gasteiger partial charge is 0.493 e. The summed E-state index contributed by atoms with van der Waals surface area (Å²) in [6.45, 7) is 0. The van der Waals surface area contributed by atoms with Crippen molar-refractivity contribution in [3.63, 3.8) is 0 Å². The first-order chi connectivity index (χ1) is 14.6. The second-order valence-electron chi connectivity index (χ2n) is 7.46. The number of carbonyl (C=O) groups is 2. The van der Waals surface area contributed by atoms with Crippen LogP contribution in [0.1, 0.15) is 37.7 Å². The number of imide groups is 1. The van der Waals surface area contributed by atoms with E-state index in [0.29, 0.717) is 27.5 Å². The third kappa shape index (κ3) is 3.84. The lowest BCUT2D eigenvalue weighted by molar-refractivity contribution is -0.139. The van der Waals surface area contributed by atoms with Gasteiger partial charge in [0.2, 0.25) is 0 Å². The van der Waals surface area contributed by atoms with Crippen molar-refractivity contribution in [2.45, 2.75) is 43.0 Å². The molecule has 6 heteroatoms. The molecule has 2 aliphatic rings. The van der Waals surface area contributed by atoms with Crippen LogP contribution in [0.2, 0.25) is 0 Å². The van der Waals surface area contributed by atoms with Gasteiger partial charge in [-0.15, -0.1) is 0 Å². The van der Waals surface area contributed by atoms with Crippen LogP contribution in [-0.2, 0) is 9.59 Å². The highest BCUT2D eigenvalue weighted by molar-refractivity contribution is 8.04. The molecule has 1 heterocycles. The van der Waals surface area contributed by atoms with Gasteiger partial charge in [0.1, 0.15) is 0 Å². The number of rotatable bonds is 6. The van der Waals surface area contributed by atoms with Gasteiger partial charge in [-0.1, -0.05) is 55.3 Å². The van der Waals surface area contributed by atoms with Gasteiger partial charge in [0, 0.05) is 10.9 Å². The Morgan fingerprint density at radius 2 is 1.57 bits per heavy atom. The number of hydrogen-bond acceptors (Lipinski definition) is 5. The molecule has 2 amide bonds. The van der Waals surface area contributed by atoms with Gasteiger partial charge < -0.3 is 9.47 Å². The molecule has 0 spiro atoms. The Kier molecular flexibility index (Phi) is 6.13. The van der Waals surface area contributed by atoms with Crippen molar-refractivity contribution >= 4 is 29.1 Å². The molecular formula is C24H25NO4S. The smallest absolute Gasteiger partial charge is 0.268 e. The van der Waals surface area contributed by atoms with Gasteiger partial charge in [0.25, 0.3) is 11.8 Å². The number of amides is 2. The van der Waals surface area contributed by atoms with Crippen molar-refractivity contribution in [1.82, 2.24) is 4.90 Å². The number of methoxy groups -OCH3 is 2. The van der Waals surface area contributed by atoms with Crippen LogP contribution in [0.15, 0.2) is 58.3 Å². The molecule has 0 N–H and O–H groups in total. The van der Waals surface area contributed by atoms with Crippen LogP contribution >= 0.6 is 11.8 Å². The van der Waals surface area contributed by atoms with E-state index in [1.165, 1.54) is 16.7 Å². The van der Waals surface area contributed by atoms with Crippen LogP contribution in [-0.4, -0.2) is 37.0 Å². The van der Waals surface area contributed by atoms with Crippen LogP contribution in [0, 0.1) is 0 Å². The average Bonchev–Trinajstić information content (AvgIpc) is 3.03. The third-order valence-electron chi connectivity index (χ3n) is 5.65. The lowest BCUT2D eigenvalue weighted by Gasteiger charge is -2.29. The number of ether oxygens (including phenoxy) is 2. The number of carbonyl (C=O) groups excluding carboxylic acids is 2. The molecule has 5 nitrogen and oxygen atoms in total. The maximum atomic E-state index is 13.5. The van der Waals surface area contributed by atoms with Gasteiger partial charge in [-0.2, -0.15) is 0 Å². The fourth-order valence-electron chi connectivity index (χ4n) is 4.14. The maximum Gasteiger partial charge on any atom is 0.268 e. The SMILES string of the molecule is COc1ccc(C2=C(Sc3ccccc3)C(=O)N(C3CCCCC3)C2=O)cc1OC. The van der Waals surface area contributed by atoms with Crippen LogP contribution in [0.4, 0.5) is 0 Å². The van der Waals surface area contributed by atoms with Crippen LogP contribution in [0.25, 0.3) is 5.57 Å². The van der Waals surface area contributed by atoms with Crippen molar-refractivity contribution in [2.75, 3.05) is 14.2 Å². The van der Waals surface area contributed by atoms with Crippen molar-refractivity contribution in [1.29, 1.82) is 0 Å². The van der Waals surface area contributed by atoms with Gasteiger partial charge in [-0.05, 0) is 42.7 Å². The molecule has 1 fully saturated rings. The Morgan fingerprint density at radius 3 is 2.23 bits per heavy atom. The zero-order valence-electron chi connectivity index (χ0n) is 17.2. The monoisotopic (exact) mass is 423 g/mol. The lowest BCUT2D eigenvalue weighted by Crippen LogP contribution is -2.42. The fourth-order valence-corrected chi connectivity index (χ4v) is 5.17. The number of nitrogens with zero attached hydrogens (tertiary/aromatic N) is 1. The normalized spacial score (nSPS) is 17.6. The molecule has 1 aliphatic carbocycles. The highest BCUT2D eigenvalue weighted by Gasteiger charge is 2.43. The van der Waals surface area contributed by atoms with E-state index in [2.05, 4.69) is 0 Å². The lowest BCUT2D eigenvalue weighted by atomic mass is 9.94. The topological polar surface area (TPSA) is 55.8 Å². The van der Waals surface area contributed by atoms with E-state index in [1.54, 1.807) is 26.4 Å². The molecular weight excluding hydrogens is 398 g/mol. The van der Waals surface area contributed by atoms with Crippen molar-refractivity contribution in [3.8, 4) is 11.5 Å². The van der Waals surface area contributed by atoms with Gasteiger partial charge in [0.15, 0.2) is 11.5 Å². The standard InChI is InChI=1S/C24H25NO4S/c1-28-19-14-13-16(15-20(19)29-2)21-22(30-18-11-7-4-8-12-18)24(27)25(23(21)26)17-9-5-3-6-10-17/h4,7-8,11-15,17H,3,5-6,9-10H2,1-2H3. The predicted octanol–water partition coefficient (Wildman–Crippen LogP) is 4.91. The molecule has 0 saturated heterocycles. The first-order valence-corrected chi connectivity index (χ1v) is 11.0. The summed E-state index contributed by atoms with van der Waals surface area (Å²) in [6.07, 6.45) is 5.01. The molecule has 156 valence electrons. The minimum absolute atomic E-state index is 0.0252. The van der Waals surface area contributed by atoms with Crippen LogP contribution in [0.5, 0.6) is 11.5 Å². The van der Waals surface area contributed by atoms with E-state index in [-0.39, 0.29) is 17.9 Å². The summed E-state index contributed by atoms with van der Waals surface area (Å²) in [6, 6.07) is 15.0. The molecule has 0 atom stereocenters. The maximum absolute atomic E-state index is 13.5. The number of thioether (sulfide) groups is 1. The summed E-state index contributed by atoms with van der Waals surface area (Å²) < 4.78 is 10.8. The van der Waals surface area contributed by atoms with Crippen LogP contribution in [0.3, 0.4) is 0 Å². The molecule has 2 aromatic rings. The molecule has 0 aromatic heterocycles. The first kappa shape index (κ1) is 20.5. The van der Waals surface area contributed by atoms with Gasteiger partial charge >= 0.3 is 0 Å². The van der Waals surface area contributed by atoms with Gasteiger partial charge in [-0.3, -0.25) is 14.5 Å². The van der Waals surface area contributed by atoms with Gasteiger partial charge in [-0.25, -0.2) is 0 Å². The Morgan fingerprint density at radius 1 is 0.867 bits per heavy atom. The van der Waals surface area contributed by atoms with E-state index in [1.807, 2.05) is 36.4 Å². The Balaban J connectivity index is 1.78. The number of hydrogen-bond donors (Lipinski definition) is 0. The Labute approximate surface area is 181 Å². The fraction of sp³-hybridized carbons (Fsp3) is 0.333. The average molecular weight is 424 g/mol. The highest BCUT2D eigenvalue weighted by atomic mass is 32.2. The van der Waals surface area contributed by atoms with Crippen LogP contribution < -0.4 is 9.47 Å². The summed E-state index contributed by atoms with van der Waals surface area (Å²) in [5, 5.41) is 0. The van der Waals surface area contributed by atoms with Gasteiger partial charge in [0.05, 0.1) is 24.7 Å². The zero-order chi connectivity index (χ0) is 21.1. The van der Waals surface area contributed by atoms with E-state index in [0.717, 1.165) is 37.0 Å². The predicted molar refractivity (Wildman–Crippen MR) is 117 cm³/mol. The van der Waals surface area contributed by atoms with Crippen molar-refractivity contribution in [2.24, 2.45) is 0 Å². The molecule has 0 unspecified atom stereocenters. The highest BCUT2D eigenvalue weighted by Crippen LogP contribution is 2.43. The zero-order valence-corrected chi connectivity index (χ0v) is 18.0. The van der Waals surface area contributed by atoms with E-state index in [4.69, 9.17) is 9.47 Å². The Bertz CT molecular complexity index is 980. The van der Waals surface area contributed by atoms with Crippen molar-refractivity contribution in [3.05, 3.63) is 59.0 Å². The Hall–Kier alpha value is -2.73. The second-order valence-corrected chi connectivity index (χ2v) is 8.54. The molecule has 4 rings (SSSR count). The first-order valence-electron chi connectivity index (χ1n) is 10.2. The molecule has 2 aromatic carbocycles. The molecule has 1 saturated carbocycles. The van der Waals surface area contributed by atoms with E-state index in [9.17, 15) is 9.59 Å². The molecule has 0 radical (unpaired) electrons. The summed E-state index contributed by atoms with van der Waals surface area (Å²) in [5.41, 5.74) is 1.11. The summed E-state index contributed by atoms with van der Waals surface area (Å²) in [5.74, 6) is 0.714. The summed E-state index contributed by atoms with van der Waals surface area (Å²) >= 11 is 1.35. The molecule has 0 bridgehead atoms. The second kappa shape index (κ2) is 8.96. The number of benzene rings is 2. The minimum atomic E-state index is -0.211. The van der Waals surface area contributed by atoms with E-state index < -0.39 is 0 Å². The van der Waals surface area contributed by atoms with Crippen molar-refractivity contribution < 1.29 is 19.1 Å². The van der Waals surface area contributed by atoms with E-state index >= 15 is 0 Å². The minimum Gasteiger partial charge on any atom is -0.493 e. The summed E-state index contributed by atoms with van der Waals surface area (Å²) in [7, 11) is 3.13. The third-order valence-corrected chi connectivity index (χ3v) is 6.74. The summed E-state index contributed by atoms with van der Waals surface area (Å²) in [4.78, 5) is 29.9.